The molecule has 0 aliphatic carbocycles. The zero-order chi connectivity index (χ0) is 14.4. The lowest BCUT2D eigenvalue weighted by Gasteiger charge is -2.04. The van der Waals surface area contributed by atoms with Gasteiger partial charge < -0.3 is 19.8 Å². The highest BCUT2D eigenvalue weighted by Crippen LogP contribution is 2.35. The number of ether oxygens (including phenoxy) is 2. The Morgan fingerprint density at radius 1 is 1.19 bits per heavy atom. The molecular weight excluding hydrogens is 290 g/mol. The maximum atomic E-state index is 6.12. The maximum Gasteiger partial charge on any atom is 0.231 e. The molecular formula is C15H12ClN3O2. The van der Waals surface area contributed by atoms with Gasteiger partial charge in [-0.05, 0) is 24.6 Å². The molecule has 2 aromatic carbocycles. The molecule has 5 nitrogen and oxygen atoms in total. The molecule has 0 unspecified atom stereocenters. The molecule has 1 aromatic heterocycles. The minimum Gasteiger partial charge on any atom is -0.454 e. The molecule has 2 heterocycles. The first-order valence-electron chi connectivity index (χ1n) is 6.51. The number of hydrogen-bond acceptors (Lipinski definition) is 4. The number of rotatable bonds is 2. The number of nitrogens with one attached hydrogen (secondary N) is 2. The zero-order valence-electron chi connectivity index (χ0n) is 11.2. The van der Waals surface area contributed by atoms with E-state index in [2.05, 4.69) is 15.3 Å². The van der Waals surface area contributed by atoms with Crippen LogP contribution in [0.3, 0.4) is 0 Å². The third-order valence-electron chi connectivity index (χ3n) is 3.41. The number of aryl methyl sites for hydroxylation is 1. The van der Waals surface area contributed by atoms with Crippen LogP contribution in [0.1, 0.15) is 5.56 Å². The summed E-state index contributed by atoms with van der Waals surface area (Å²) in [6.45, 7) is 2.23. The molecule has 0 fully saturated rings. The minimum atomic E-state index is 0.259. The fourth-order valence-electron chi connectivity index (χ4n) is 2.27. The molecule has 0 saturated heterocycles. The van der Waals surface area contributed by atoms with E-state index in [1.165, 1.54) is 0 Å². The second-order valence-electron chi connectivity index (χ2n) is 4.90. The molecule has 0 amide bonds. The van der Waals surface area contributed by atoms with E-state index in [1.54, 1.807) is 0 Å². The van der Waals surface area contributed by atoms with Crippen LogP contribution >= 0.6 is 11.6 Å². The number of imidazole rings is 1. The van der Waals surface area contributed by atoms with Crippen LogP contribution in [-0.2, 0) is 0 Å². The van der Waals surface area contributed by atoms with Crippen LogP contribution < -0.4 is 14.8 Å². The summed E-state index contributed by atoms with van der Waals surface area (Å²) in [5.41, 5.74) is 3.63. The lowest BCUT2D eigenvalue weighted by atomic mass is 10.2. The summed E-state index contributed by atoms with van der Waals surface area (Å²) in [5, 5.41) is 3.92. The Balaban J connectivity index is 1.69. The van der Waals surface area contributed by atoms with Crippen LogP contribution in [-0.4, -0.2) is 16.8 Å². The Morgan fingerprint density at radius 2 is 2.00 bits per heavy atom. The average Bonchev–Trinajstić information content (AvgIpc) is 3.05. The summed E-state index contributed by atoms with van der Waals surface area (Å²) >= 11 is 6.12. The van der Waals surface area contributed by atoms with Crippen molar-refractivity contribution in [2.75, 3.05) is 12.1 Å². The van der Waals surface area contributed by atoms with Crippen molar-refractivity contribution in [1.82, 2.24) is 9.97 Å². The predicted octanol–water partition coefficient (Wildman–Crippen LogP) is 4.00. The predicted molar refractivity (Wildman–Crippen MR) is 81.7 cm³/mol. The highest BCUT2D eigenvalue weighted by molar-refractivity contribution is 6.31. The van der Waals surface area contributed by atoms with Gasteiger partial charge in [-0.1, -0.05) is 17.7 Å². The molecule has 3 aromatic rings. The van der Waals surface area contributed by atoms with Gasteiger partial charge in [-0.2, -0.15) is 0 Å². The van der Waals surface area contributed by atoms with Gasteiger partial charge in [-0.15, -0.1) is 0 Å². The molecule has 0 atom stereocenters. The zero-order valence-corrected chi connectivity index (χ0v) is 12.0. The van der Waals surface area contributed by atoms with E-state index >= 15 is 0 Å². The SMILES string of the molecule is Cc1ccc(Nc2nc3cc4c(cc3[nH]2)OCO4)cc1Cl. The standard InChI is InChI=1S/C15H12ClN3O2/c1-8-2-3-9(4-10(8)16)17-15-18-11-5-13-14(21-7-20-13)6-12(11)19-15/h2-6H,7H2,1H3,(H2,17,18,19). The van der Waals surface area contributed by atoms with Gasteiger partial charge >= 0.3 is 0 Å². The van der Waals surface area contributed by atoms with Crippen LogP contribution in [0.4, 0.5) is 11.6 Å². The van der Waals surface area contributed by atoms with Gasteiger partial charge in [0.2, 0.25) is 12.7 Å². The molecule has 1 aliphatic rings. The highest BCUT2D eigenvalue weighted by Gasteiger charge is 2.16. The van der Waals surface area contributed by atoms with Crippen molar-refractivity contribution >= 4 is 34.3 Å². The lowest BCUT2D eigenvalue weighted by Crippen LogP contribution is -1.93. The summed E-state index contributed by atoms with van der Waals surface area (Å²) in [5.74, 6) is 2.10. The number of anilines is 2. The summed E-state index contributed by atoms with van der Waals surface area (Å²) < 4.78 is 10.7. The van der Waals surface area contributed by atoms with Crippen molar-refractivity contribution in [3.8, 4) is 11.5 Å². The molecule has 0 saturated carbocycles. The summed E-state index contributed by atoms with van der Waals surface area (Å²) in [4.78, 5) is 7.70. The van der Waals surface area contributed by atoms with Crippen LogP contribution in [0, 0.1) is 6.92 Å². The van der Waals surface area contributed by atoms with Crippen LogP contribution in [0.25, 0.3) is 11.0 Å². The first-order chi connectivity index (χ1) is 10.2. The number of fused-ring (bicyclic) bond motifs is 2. The molecule has 0 bridgehead atoms. The quantitative estimate of drug-likeness (QED) is 0.751. The van der Waals surface area contributed by atoms with Crippen molar-refractivity contribution in [3.05, 3.63) is 40.9 Å². The van der Waals surface area contributed by atoms with E-state index in [9.17, 15) is 0 Å². The molecule has 0 radical (unpaired) electrons. The number of benzene rings is 2. The van der Waals surface area contributed by atoms with Gasteiger partial charge in [0.25, 0.3) is 0 Å². The monoisotopic (exact) mass is 301 g/mol. The summed E-state index contributed by atoms with van der Waals surface area (Å²) in [6, 6.07) is 9.54. The molecule has 106 valence electrons. The third kappa shape index (κ3) is 2.15. The van der Waals surface area contributed by atoms with E-state index < -0.39 is 0 Å². The van der Waals surface area contributed by atoms with E-state index in [-0.39, 0.29) is 6.79 Å². The Morgan fingerprint density at radius 3 is 2.81 bits per heavy atom. The smallest absolute Gasteiger partial charge is 0.231 e. The number of nitrogens with zero attached hydrogens (tertiary/aromatic N) is 1. The number of hydrogen-bond donors (Lipinski definition) is 2. The fraction of sp³-hybridized carbons (Fsp3) is 0.133. The van der Waals surface area contributed by atoms with E-state index in [0.717, 1.165) is 38.8 Å². The van der Waals surface area contributed by atoms with Gasteiger partial charge in [-0.3, -0.25) is 0 Å². The van der Waals surface area contributed by atoms with Gasteiger partial charge in [0.05, 0.1) is 11.0 Å². The Bertz CT molecular complexity index is 803. The summed E-state index contributed by atoms with van der Waals surface area (Å²) in [6.07, 6.45) is 0. The summed E-state index contributed by atoms with van der Waals surface area (Å²) in [7, 11) is 0. The minimum absolute atomic E-state index is 0.259. The highest BCUT2D eigenvalue weighted by atomic mass is 35.5. The lowest BCUT2D eigenvalue weighted by molar-refractivity contribution is 0.174. The van der Waals surface area contributed by atoms with E-state index in [4.69, 9.17) is 21.1 Å². The molecule has 21 heavy (non-hydrogen) atoms. The Labute approximate surface area is 125 Å². The average molecular weight is 302 g/mol. The van der Waals surface area contributed by atoms with Crippen LogP contribution in [0.15, 0.2) is 30.3 Å². The van der Waals surface area contributed by atoms with Crippen LogP contribution in [0.5, 0.6) is 11.5 Å². The first kappa shape index (κ1) is 12.3. The van der Waals surface area contributed by atoms with Crippen LogP contribution in [0.2, 0.25) is 5.02 Å². The van der Waals surface area contributed by atoms with E-state index in [1.807, 2.05) is 37.3 Å². The number of aromatic nitrogens is 2. The van der Waals surface area contributed by atoms with Gasteiger partial charge in [0.15, 0.2) is 11.5 Å². The molecule has 2 N–H and O–H groups in total. The number of H-pyrrole nitrogens is 1. The third-order valence-corrected chi connectivity index (χ3v) is 3.82. The number of halogens is 1. The maximum absolute atomic E-state index is 6.12. The molecule has 1 aliphatic heterocycles. The second-order valence-corrected chi connectivity index (χ2v) is 5.30. The van der Waals surface area contributed by atoms with Crippen molar-refractivity contribution in [3.63, 3.8) is 0 Å². The normalized spacial score (nSPS) is 12.9. The van der Waals surface area contributed by atoms with Crippen molar-refractivity contribution < 1.29 is 9.47 Å². The number of aromatic amines is 1. The largest absolute Gasteiger partial charge is 0.454 e. The first-order valence-corrected chi connectivity index (χ1v) is 6.89. The molecule has 6 heteroatoms. The molecule has 4 rings (SSSR count). The Kier molecular flexibility index (Phi) is 2.68. The van der Waals surface area contributed by atoms with Crippen molar-refractivity contribution in [1.29, 1.82) is 0 Å². The van der Waals surface area contributed by atoms with Gasteiger partial charge in [0, 0.05) is 22.8 Å². The molecule has 0 spiro atoms. The topological polar surface area (TPSA) is 59.2 Å². The second kappa shape index (κ2) is 4.56. The van der Waals surface area contributed by atoms with Gasteiger partial charge in [-0.25, -0.2) is 4.98 Å². The van der Waals surface area contributed by atoms with Crippen molar-refractivity contribution in [2.24, 2.45) is 0 Å². The Hall–Kier alpha value is -2.40. The fourth-order valence-corrected chi connectivity index (χ4v) is 2.45. The van der Waals surface area contributed by atoms with Crippen molar-refractivity contribution in [2.45, 2.75) is 6.92 Å². The van der Waals surface area contributed by atoms with Gasteiger partial charge in [0.1, 0.15) is 0 Å². The van der Waals surface area contributed by atoms with E-state index in [0.29, 0.717) is 5.95 Å².